The van der Waals surface area contributed by atoms with E-state index in [1.165, 1.54) is 52.6 Å². The summed E-state index contributed by atoms with van der Waals surface area (Å²) in [4.78, 5) is 10.9. The average molecular weight is 358 g/mol. The molecule has 0 amide bonds. The van der Waals surface area contributed by atoms with E-state index < -0.39 is 0 Å². The van der Waals surface area contributed by atoms with Crippen LogP contribution in [0.1, 0.15) is 54.8 Å². The number of hydrogen-bond donors (Lipinski definition) is 0. The van der Waals surface area contributed by atoms with E-state index in [2.05, 4.69) is 66.9 Å². The average Bonchev–Trinajstić information content (AvgIpc) is 3.12. The number of thiazole rings is 1. The van der Waals surface area contributed by atoms with Crippen LogP contribution in [0, 0.1) is 0 Å². The van der Waals surface area contributed by atoms with Gasteiger partial charge in [-0.15, -0.1) is 11.3 Å². The van der Waals surface area contributed by atoms with Crippen molar-refractivity contribution in [2.75, 3.05) is 18.5 Å². The van der Waals surface area contributed by atoms with E-state index in [4.69, 9.17) is 0 Å². The molecule has 0 fully saturated rings. The van der Waals surface area contributed by atoms with Gasteiger partial charge in [-0.25, -0.2) is 4.98 Å². The molecular formula is C21H31N3S. The molecule has 1 aromatic carbocycles. The van der Waals surface area contributed by atoms with E-state index in [1.807, 2.05) is 11.3 Å². The van der Waals surface area contributed by atoms with Gasteiger partial charge in [0.25, 0.3) is 0 Å². The van der Waals surface area contributed by atoms with E-state index in [-0.39, 0.29) is 0 Å². The highest BCUT2D eigenvalue weighted by Crippen LogP contribution is 2.28. The molecule has 0 spiro atoms. The molecule has 1 aromatic heterocycles. The predicted molar refractivity (Wildman–Crippen MR) is 109 cm³/mol. The first-order valence-electron chi connectivity index (χ1n) is 9.59. The Hall–Kier alpha value is -1.39. The van der Waals surface area contributed by atoms with Crippen molar-refractivity contribution in [3.05, 3.63) is 45.4 Å². The van der Waals surface area contributed by atoms with Gasteiger partial charge in [-0.05, 0) is 58.2 Å². The maximum Gasteiger partial charge on any atom is 0.0932 e. The lowest BCUT2D eigenvalue weighted by molar-refractivity contribution is 0.351. The van der Waals surface area contributed by atoms with Gasteiger partial charge in [0.2, 0.25) is 0 Å². The minimum Gasteiger partial charge on any atom is -0.369 e. The third-order valence-electron chi connectivity index (χ3n) is 4.89. The summed E-state index contributed by atoms with van der Waals surface area (Å²) in [6.07, 6.45) is 4.91. The molecule has 0 unspecified atom stereocenters. The summed E-state index contributed by atoms with van der Waals surface area (Å²) < 4.78 is 0. The summed E-state index contributed by atoms with van der Waals surface area (Å²) in [5, 5.41) is 1.33. The van der Waals surface area contributed by atoms with Crippen molar-refractivity contribution in [1.29, 1.82) is 0 Å². The Kier molecular flexibility index (Phi) is 6.13. The summed E-state index contributed by atoms with van der Waals surface area (Å²) >= 11 is 1.90. The summed E-state index contributed by atoms with van der Waals surface area (Å²) in [6.45, 7) is 10.1. The van der Waals surface area contributed by atoms with Crippen LogP contribution in [0.2, 0.25) is 0 Å². The lowest BCUT2D eigenvalue weighted by Crippen LogP contribution is -2.35. The molecule has 3 nitrogen and oxygen atoms in total. The molecule has 0 atom stereocenters. The number of rotatable bonds is 3. The number of para-hydroxylation sites is 1. The van der Waals surface area contributed by atoms with Crippen molar-refractivity contribution in [2.45, 2.75) is 65.6 Å². The zero-order chi connectivity index (χ0) is 17.8. The van der Waals surface area contributed by atoms with Crippen LogP contribution in [0.4, 0.5) is 5.69 Å². The fraction of sp³-hybridized carbons (Fsp3) is 0.571. The molecule has 0 radical (unpaired) electrons. The van der Waals surface area contributed by atoms with Gasteiger partial charge in [0, 0.05) is 36.2 Å². The van der Waals surface area contributed by atoms with Crippen molar-refractivity contribution >= 4 is 17.0 Å². The van der Waals surface area contributed by atoms with Crippen LogP contribution in [0.5, 0.6) is 0 Å². The van der Waals surface area contributed by atoms with E-state index in [1.54, 1.807) is 0 Å². The smallest absolute Gasteiger partial charge is 0.0932 e. The SMILES string of the molecule is CC(C)N1CCCc2ccccc21.CCCc1nc2c(s1)CN(C)C2. The van der Waals surface area contributed by atoms with Crippen molar-refractivity contribution in [2.24, 2.45) is 0 Å². The third-order valence-corrected chi connectivity index (χ3v) is 6.03. The normalized spacial score (nSPS) is 16.4. The Balaban J connectivity index is 0.000000146. The van der Waals surface area contributed by atoms with Gasteiger partial charge < -0.3 is 4.90 Å². The number of hydrogen-bond acceptors (Lipinski definition) is 4. The number of nitrogens with zero attached hydrogens (tertiary/aromatic N) is 3. The minimum atomic E-state index is 0.626. The molecule has 4 rings (SSSR count). The number of anilines is 1. The summed E-state index contributed by atoms with van der Waals surface area (Å²) in [6, 6.07) is 9.40. The van der Waals surface area contributed by atoms with Crippen LogP contribution in [-0.4, -0.2) is 29.5 Å². The van der Waals surface area contributed by atoms with E-state index in [0.717, 1.165) is 19.5 Å². The van der Waals surface area contributed by atoms with Gasteiger partial charge >= 0.3 is 0 Å². The highest BCUT2D eigenvalue weighted by molar-refractivity contribution is 7.11. The van der Waals surface area contributed by atoms with Crippen molar-refractivity contribution in [3.63, 3.8) is 0 Å². The molecule has 2 aliphatic heterocycles. The highest BCUT2D eigenvalue weighted by Gasteiger charge is 2.20. The van der Waals surface area contributed by atoms with Gasteiger partial charge in [0.05, 0.1) is 10.7 Å². The standard InChI is InChI=1S/C12H17N.C9H14N2S/c1-10(2)13-9-5-7-11-6-3-4-8-12(11)13;1-3-4-9-10-7-5-11(2)6-8(7)12-9/h3-4,6,8,10H,5,7,9H2,1-2H3;3-6H2,1-2H3. The van der Waals surface area contributed by atoms with Crippen LogP contribution in [0.15, 0.2) is 24.3 Å². The molecule has 0 N–H and O–H groups in total. The van der Waals surface area contributed by atoms with Crippen LogP contribution >= 0.6 is 11.3 Å². The first-order chi connectivity index (χ1) is 12.1. The van der Waals surface area contributed by atoms with Crippen LogP contribution in [0.25, 0.3) is 0 Å². The van der Waals surface area contributed by atoms with Gasteiger partial charge in [0.1, 0.15) is 0 Å². The summed E-state index contributed by atoms with van der Waals surface area (Å²) in [5.74, 6) is 0. The van der Waals surface area contributed by atoms with Gasteiger partial charge in [0.15, 0.2) is 0 Å². The van der Waals surface area contributed by atoms with Crippen LogP contribution < -0.4 is 4.90 Å². The Morgan fingerprint density at radius 3 is 2.72 bits per heavy atom. The van der Waals surface area contributed by atoms with Crippen molar-refractivity contribution in [1.82, 2.24) is 9.88 Å². The lowest BCUT2D eigenvalue weighted by Gasteiger charge is -2.34. The molecule has 136 valence electrons. The molecule has 0 saturated carbocycles. The Labute approximate surface area is 156 Å². The largest absolute Gasteiger partial charge is 0.369 e. The zero-order valence-electron chi connectivity index (χ0n) is 16.1. The molecular weight excluding hydrogens is 326 g/mol. The first-order valence-corrected chi connectivity index (χ1v) is 10.4. The predicted octanol–water partition coefficient (Wildman–Crippen LogP) is 4.89. The van der Waals surface area contributed by atoms with Gasteiger partial charge in [-0.3, -0.25) is 4.90 Å². The molecule has 2 aromatic rings. The maximum absolute atomic E-state index is 4.61. The molecule has 4 heteroatoms. The van der Waals surface area contributed by atoms with Gasteiger partial charge in [-0.2, -0.15) is 0 Å². The maximum atomic E-state index is 4.61. The third kappa shape index (κ3) is 4.42. The second-order valence-corrected chi connectivity index (χ2v) is 8.59. The van der Waals surface area contributed by atoms with Gasteiger partial charge in [-0.1, -0.05) is 25.1 Å². The molecule has 3 heterocycles. The molecule has 2 aliphatic rings. The quantitative estimate of drug-likeness (QED) is 0.780. The van der Waals surface area contributed by atoms with E-state index >= 15 is 0 Å². The molecule has 0 bridgehead atoms. The van der Waals surface area contributed by atoms with E-state index in [0.29, 0.717) is 6.04 Å². The van der Waals surface area contributed by atoms with Crippen LogP contribution in [0.3, 0.4) is 0 Å². The molecule has 0 saturated heterocycles. The fourth-order valence-corrected chi connectivity index (χ4v) is 4.92. The fourth-order valence-electron chi connectivity index (χ4n) is 3.66. The van der Waals surface area contributed by atoms with Crippen molar-refractivity contribution in [3.8, 4) is 0 Å². The second kappa shape index (κ2) is 8.33. The monoisotopic (exact) mass is 357 g/mol. The zero-order valence-corrected chi connectivity index (χ0v) is 16.9. The number of benzene rings is 1. The number of aromatic nitrogens is 1. The van der Waals surface area contributed by atoms with E-state index in [9.17, 15) is 0 Å². The Bertz CT molecular complexity index is 669. The molecule has 0 aliphatic carbocycles. The minimum absolute atomic E-state index is 0.626. The number of aryl methyl sites for hydroxylation is 2. The Morgan fingerprint density at radius 1 is 1.20 bits per heavy atom. The topological polar surface area (TPSA) is 19.4 Å². The second-order valence-electron chi connectivity index (χ2n) is 7.42. The van der Waals surface area contributed by atoms with Crippen molar-refractivity contribution < 1.29 is 0 Å². The summed E-state index contributed by atoms with van der Waals surface area (Å²) in [7, 11) is 2.15. The van der Waals surface area contributed by atoms with Crippen LogP contribution in [-0.2, 0) is 25.9 Å². The lowest BCUT2D eigenvalue weighted by atomic mass is 10.0. The first kappa shape index (κ1) is 18.4. The molecule has 25 heavy (non-hydrogen) atoms. The highest BCUT2D eigenvalue weighted by atomic mass is 32.1. The summed E-state index contributed by atoms with van der Waals surface area (Å²) in [5.41, 5.74) is 4.29. The number of fused-ring (bicyclic) bond motifs is 2. The Morgan fingerprint density at radius 2 is 2.00 bits per heavy atom.